The van der Waals surface area contributed by atoms with Gasteiger partial charge >= 0.3 is 6.09 Å². The Hall–Kier alpha value is -3.44. The second-order valence-corrected chi connectivity index (χ2v) is 12.8. The lowest BCUT2D eigenvalue weighted by Crippen LogP contribution is -2.46. The monoisotopic (exact) mass is 576 g/mol. The normalized spacial score (nSPS) is 13.4. The van der Waals surface area contributed by atoms with E-state index in [1.807, 2.05) is 34.6 Å². The molecule has 0 bridgehead atoms. The van der Waals surface area contributed by atoms with Gasteiger partial charge in [-0.05, 0) is 106 Å². The fraction of sp³-hybridized carbons (Fsp3) is 0.600. The van der Waals surface area contributed by atoms with Gasteiger partial charge in [-0.2, -0.15) is 0 Å². The summed E-state index contributed by atoms with van der Waals surface area (Å²) < 4.78 is 10.9. The molecule has 0 radical (unpaired) electrons. The SMILES string of the molecule is CC(C)=C(NC(=O)OC(C)(C)C)C(=O)N[C@@H](C)C(=O)Nc1ccc(C(O)C(=O)NC(C)(C)CCOC(C)(C)C)cc1. The Bertz CT molecular complexity index is 1110. The van der Waals surface area contributed by atoms with Gasteiger partial charge in [0, 0.05) is 17.8 Å². The van der Waals surface area contributed by atoms with Gasteiger partial charge in [0.05, 0.1) is 5.60 Å². The molecule has 230 valence electrons. The van der Waals surface area contributed by atoms with Crippen LogP contribution in [-0.4, -0.2) is 58.3 Å². The van der Waals surface area contributed by atoms with Crippen LogP contribution in [0.15, 0.2) is 35.5 Å². The topological polar surface area (TPSA) is 155 Å². The highest BCUT2D eigenvalue weighted by Crippen LogP contribution is 2.20. The van der Waals surface area contributed by atoms with Gasteiger partial charge in [0.2, 0.25) is 5.91 Å². The third-order valence-electron chi connectivity index (χ3n) is 5.56. The number of ether oxygens (including phenoxy) is 2. The van der Waals surface area contributed by atoms with Crippen LogP contribution >= 0.6 is 0 Å². The minimum Gasteiger partial charge on any atom is -0.444 e. The summed E-state index contributed by atoms with van der Waals surface area (Å²) in [5.74, 6) is -1.70. The molecule has 0 aliphatic rings. The van der Waals surface area contributed by atoms with Crippen molar-refractivity contribution in [1.29, 1.82) is 0 Å². The molecule has 11 nitrogen and oxygen atoms in total. The Labute approximate surface area is 243 Å². The molecule has 0 saturated heterocycles. The van der Waals surface area contributed by atoms with E-state index < -0.39 is 47.1 Å². The summed E-state index contributed by atoms with van der Waals surface area (Å²) in [6.45, 7) is 19.9. The molecule has 4 amide bonds. The van der Waals surface area contributed by atoms with Gasteiger partial charge in [0.25, 0.3) is 11.8 Å². The van der Waals surface area contributed by atoms with Crippen LogP contribution in [0.1, 0.15) is 94.2 Å². The van der Waals surface area contributed by atoms with Gasteiger partial charge in [-0.3, -0.25) is 19.7 Å². The van der Waals surface area contributed by atoms with Crippen molar-refractivity contribution in [2.75, 3.05) is 11.9 Å². The molecule has 1 rings (SSSR count). The lowest BCUT2D eigenvalue weighted by molar-refractivity contribution is -0.131. The molecule has 5 N–H and O–H groups in total. The van der Waals surface area contributed by atoms with Gasteiger partial charge in [-0.15, -0.1) is 0 Å². The van der Waals surface area contributed by atoms with Crippen LogP contribution < -0.4 is 21.3 Å². The number of rotatable bonds is 11. The lowest BCUT2D eigenvalue weighted by atomic mass is 9.99. The lowest BCUT2D eigenvalue weighted by Gasteiger charge is -2.29. The van der Waals surface area contributed by atoms with Crippen molar-refractivity contribution in [1.82, 2.24) is 16.0 Å². The average molecular weight is 577 g/mol. The first-order valence-electron chi connectivity index (χ1n) is 13.6. The third kappa shape index (κ3) is 13.7. The highest BCUT2D eigenvalue weighted by molar-refractivity contribution is 6.02. The fourth-order valence-electron chi connectivity index (χ4n) is 3.38. The summed E-state index contributed by atoms with van der Waals surface area (Å²) in [5, 5.41) is 21.1. The van der Waals surface area contributed by atoms with Crippen molar-refractivity contribution in [3.05, 3.63) is 41.1 Å². The highest BCUT2D eigenvalue weighted by Gasteiger charge is 2.27. The summed E-state index contributed by atoms with van der Waals surface area (Å²) in [6.07, 6.45) is -1.62. The Morgan fingerprint density at radius 2 is 1.44 bits per heavy atom. The first kappa shape index (κ1) is 35.6. The number of hydrogen-bond donors (Lipinski definition) is 5. The molecule has 1 aromatic carbocycles. The maximum absolute atomic E-state index is 12.7. The van der Waals surface area contributed by atoms with Crippen LogP contribution in [0, 0.1) is 0 Å². The molecule has 1 unspecified atom stereocenters. The van der Waals surface area contributed by atoms with E-state index in [9.17, 15) is 24.3 Å². The van der Waals surface area contributed by atoms with Gasteiger partial charge in [-0.25, -0.2) is 4.79 Å². The van der Waals surface area contributed by atoms with Gasteiger partial charge in [0.15, 0.2) is 6.10 Å². The summed E-state index contributed by atoms with van der Waals surface area (Å²) in [7, 11) is 0. The maximum Gasteiger partial charge on any atom is 0.412 e. The number of allylic oxidation sites excluding steroid dienone is 1. The maximum atomic E-state index is 12.7. The second kappa shape index (κ2) is 14.5. The summed E-state index contributed by atoms with van der Waals surface area (Å²) in [4.78, 5) is 50.2. The number of carbonyl (C=O) groups is 4. The van der Waals surface area contributed by atoms with E-state index in [0.29, 0.717) is 29.9 Å². The Morgan fingerprint density at radius 1 is 0.878 bits per heavy atom. The molecular formula is C30H48N4O7. The van der Waals surface area contributed by atoms with Crippen LogP contribution in [0.25, 0.3) is 0 Å². The van der Waals surface area contributed by atoms with E-state index in [1.54, 1.807) is 46.8 Å². The van der Waals surface area contributed by atoms with Crippen molar-refractivity contribution in [2.24, 2.45) is 0 Å². The molecule has 0 aliphatic carbocycles. The number of amides is 4. The number of aliphatic hydroxyl groups excluding tert-OH is 1. The van der Waals surface area contributed by atoms with Crippen LogP contribution in [0.4, 0.5) is 10.5 Å². The molecular weight excluding hydrogens is 528 g/mol. The molecule has 0 fully saturated rings. The Morgan fingerprint density at radius 3 is 1.93 bits per heavy atom. The number of hydrogen-bond acceptors (Lipinski definition) is 7. The minimum atomic E-state index is -1.40. The van der Waals surface area contributed by atoms with E-state index in [0.717, 1.165) is 0 Å². The summed E-state index contributed by atoms with van der Waals surface area (Å²) in [6, 6.07) is 5.21. The Balaban J connectivity index is 2.73. The average Bonchev–Trinajstić information content (AvgIpc) is 2.79. The second-order valence-electron chi connectivity index (χ2n) is 12.8. The molecule has 2 atom stereocenters. The molecule has 0 heterocycles. The molecule has 11 heteroatoms. The molecule has 0 spiro atoms. The third-order valence-corrected chi connectivity index (χ3v) is 5.56. The number of anilines is 1. The van der Waals surface area contributed by atoms with Gasteiger partial charge in [0.1, 0.15) is 17.3 Å². The fourth-order valence-corrected chi connectivity index (χ4v) is 3.38. The van der Waals surface area contributed by atoms with Crippen molar-refractivity contribution < 1.29 is 33.8 Å². The largest absolute Gasteiger partial charge is 0.444 e. The summed E-state index contributed by atoms with van der Waals surface area (Å²) >= 11 is 0. The van der Waals surface area contributed by atoms with E-state index in [1.165, 1.54) is 19.1 Å². The summed E-state index contributed by atoms with van der Waals surface area (Å²) in [5.41, 5.74) is -0.347. The van der Waals surface area contributed by atoms with Crippen molar-refractivity contribution in [3.8, 4) is 0 Å². The quantitative estimate of drug-likeness (QED) is 0.249. The van der Waals surface area contributed by atoms with Crippen LogP contribution in [0.5, 0.6) is 0 Å². The predicted octanol–water partition coefficient (Wildman–Crippen LogP) is 4.08. The van der Waals surface area contributed by atoms with E-state index in [2.05, 4.69) is 21.3 Å². The number of benzene rings is 1. The zero-order valence-electron chi connectivity index (χ0n) is 26.3. The van der Waals surface area contributed by atoms with Crippen LogP contribution in [-0.2, 0) is 23.9 Å². The molecule has 0 saturated carbocycles. The molecule has 0 aromatic heterocycles. The van der Waals surface area contributed by atoms with Crippen LogP contribution in [0.2, 0.25) is 0 Å². The first-order valence-corrected chi connectivity index (χ1v) is 13.6. The van der Waals surface area contributed by atoms with Gasteiger partial charge in [-0.1, -0.05) is 12.1 Å². The number of alkyl carbamates (subject to hydrolysis) is 1. The van der Waals surface area contributed by atoms with E-state index >= 15 is 0 Å². The highest BCUT2D eigenvalue weighted by atomic mass is 16.6. The standard InChI is InChI=1S/C30H48N4O7/c1-18(2)22(33-27(39)41-29(7,8)9)25(37)31-19(3)24(36)32-21-14-12-20(13-15-21)23(35)26(38)34-30(10,11)16-17-40-28(4,5)6/h12-15,19,23,35H,16-17H2,1-11H3,(H,31,37)(H,32,36)(H,33,39)(H,34,38)/t19-,23?/m0/s1. The Kier molecular flexibility index (Phi) is 12.5. The number of aliphatic hydroxyl groups is 1. The van der Waals surface area contributed by atoms with Crippen LogP contribution in [0.3, 0.4) is 0 Å². The minimum absolute atomic E-state index is 0.0135. The molecule has 0 aliphatic heterocycles. The van der Waals surface area contributed by atoms with Gasteiger partial charge < -0.3 is 30.5 Å². The molecule has 1 aromatic rings. The zero-order chi connectivity index (χ0) is 31.8. The van der Waals surface area contributed by atoms with E-state index in [4.69, 9.17) is 9.47 Å². The van der Waals surface area contributed by atoms with Crippen molar-refractivity contribution in [3.63, 3.8) is 0 Å². The zero-order valence-corrected chi connectivity index (χ0v) is 26.3. The number of carbonyl (C=O) groups excluding carboxylic acids is 4. The predicted molar refractivity (Wildman–Crippen MR) is 158 cm³/mol. The smallest absolute Gasteiger partial charge is 0.412 e. The van der Waals surface area contributed by atoms with Crippen molar-refractivity contribution >= 4 is 29.5 Å². The van der Waals surface area contributed by atoms with E-state index in [-0.39, 0.29) is 11.3 Å². The number of nitrogens with one attached hydrogen (secondary N) is 4. The first-order chi connectivity index (χ1) is 18.6. The molecule has 41 heavy (non-hydrogen) atoms. The van der Waals surface area contributed by atoms with Crippen molar-refractivity contribution in [2.45, 2.75) is 111 Å².